The normalized spacial score (nSPS) is 17.4. The van der Waals surface area contributed by atoms with Gasteiger partial charge < -0.3 is 15.1 Å². The van der Waals surface area contributed by atoms with Gasteiger partial charge in [0.05, 0.1) is 0 Å². The Kier molecular flexibility index (Phi) is 7.56. The second-order valence-corrected chi connectivity index (χ2v) is 8.17. The van der Waals surface area contributed by atoms with Crippen molar-refractivity contribution in [3.05, 3.63) is 64.2 Å². The molecule has 28 heavy (non-hydrogen) atoms. The minimum Gasteiger partial charge on any atom is -0.508 e. The van der Waals surface area contributed by atoms with Crippen molar-refractivity contribution in [2.24, 2.45) is 0 Å². The molecular formula is C24H32ClNO2. The summed E-state index contributed by atoms with van der Waals surface area (Å²) in [5.74, 6) is 1.16. The van der Waals surface area contributed by atoms with E-state index in [1.54, 1.807) is 6.07 Å². The number of halogens is 1. The Morgan fingerprint density at radius 1 is 1.04 bits per heavy atom. The number of allylic oxidation sites excluding steroid dienone is 1. The van der Waals surface area contributed by atoms with Gasteiger partial charge in [0, 0.05) is 6.54 Å². The summed E-state index contributed by atoms with van der Waals surface area (Å²) in [5, 5.41) is 20.2. The van der Waals surface area contributed by atoms with Crippen LogP contribution in [0.3, 0.4) is 0 Å². The zero-order valence-electron chi connectivity index (χ0n) is 17.3. The minimum atomic E-state index is 0. The first-order valence-corrected chi connectivity index (χ1v) is 9.80. The number of phenols is 2. The fourth-order valence-electron chi connectivity index (χ4n) is 4.29. The van der Waals surface area contributed by atoms with Crippen molar-refractivity contribution in [3.8, 4) is 11.5 Å². The average Bonchev–Trinajstić information content (AvgIpc) is 2.81. The number of benzene rings is 2. The molecular weight excluding hydrogens is 370 g/mol. The van der Waals surface area contributed by atoms with Crippen LogP contribution < -0.4 is 0 Å². The smallest absolute Gasteiger partial charge is 0.121 e. The maximum Gasteiger partial charge on any atom is 0.121 e. The van der Waals surface area contributed by atoms with Crippen molar-refractivity contribution >= 4 is 18.0 Å². The molecule has 1 aliphatic carbocycles. The Morgan fingerprint density at radius 3 is 2.32 bits per heavy atom. The van der Waals surface area contributed by atoms with Gasteiger partial charge in [-0.2, -0.15) is 0 Å². The summed E-state index contributed by atoms with van der Waals surface area (Å²) < 4.78 is 0. The monoisotopic (exact) mass is 401 g/mol. The molecule has 0 aromatic heterocycles. The van der Waals surface area contributed by atoms with Gasteiger partial charge in [-0.1, -0.05) is 29.8 Å². The fourth-order valence-corrected chi connectivity index (χ4v) is 4.29. The Bertz CT molecular complexity index is 834. The Hall–Kier alpha value is -1.97. The molecule has 0 aliphatic heterocycles. The molecule has 1 unspecified atom stereocenters. The van der Waals surface area contributed by atoms with Gasteiger partial charge in [-0.25, -0.2) is 0 Å². The molecule has 0 bridgehead atoms. The largest absolute Gasteiger partial charge is 0.508 e. The summed E-state index contributed by atoms with van der Waals surface area (Å²) >= 11 is 0. The molecule has 0 spiro atoms. The van der Waals surface area contributed by atoms with Crippen LogP contribution in [0.25, 0.3) is 5.57 Å². The molecule has 2 aromatic carbocycles. The zero-order chi connectivity index (χ0) is 19.6. The van der Waals surface area contributed by atoms with Crippen molar-refractivity contribution < 1.29 is 10.2 Å². The fraction of sp³-hybridized carbons (Fsp3) is 0.417. The maximum absolute atomic E-state index is 10.1. The van der Waals surface area contributed by atoms with E-state index in [0.29, 0.717) is 17.4 Å². The van der Waals surface area contributed by atoms with Gasteiger partial charge in [-0.3, -0.25) is 0 Å². The number of hydrogen-bond donors (Lipinski definition) is 2. The molecule has 0 fully saturated rings. The lowest BCUT2D eigenvalue weighted by molar-refractivity contribution is 0.438. The number of rotatable bonds is 4. The van der Waals surface area contributed by atoms with Crippen LogP contribution in [0.1, 0.15) is 53.9 Å². The summed E-state index contributed by atoms with van der Waals surface area (Å²) in [6.07, 6.45) is 4.37. The van der Waals surface area contributed by atoms with E-state index in [2.05, 4.69) is 37.2 Å². The van der Waals surface area contributed by atoms with Gasteiger partial charge >= 0.3 is 0 Å². The molecule has 152 valence electrons. The molecule has 0 radical (unpaired) electrons. The second-order valence-electron chi connectivity index (χ2n) is 8.17. The second kappa shape index (κ2) is 9.49. The topological polar surface area (TPSA) is 43.7 Å². The maximum atomic E-state index is 10.1. The third-order valence-corrected chi connectivity index (χ3v) is 5.59. The van der Waals surface area contributed by atoms with E-state index in [1.807, 2.05) is 26.0 Å². The molecule has 2 aromatic rings. The highest BCUT2D eigenvalue weighted by Crippen LogP contribution is 2.41. The molecule has 0 heterocycles. The van der Waals surface area contributed by atoms with Crippen LogP contribution in [-0.4, -0.2) is 35.8 Å². The summed E-state index contributed by atoms with van der Waals surface area (Å²) in [5.41, 5.74) is 7.18. The van der Waals surface area contributed by atoms with Crippen LogP contribution in [0.15, 0.2) is 42.0 Å². The number of phenolic OH excluding ortho intramolecular Hbond substituents is 2. The highest BCUT2D eigenvalue weighted by atomic mass is 35.5. The molecule has 0 saturated heterocycles. The lowest BCUT2D eigenvalue weighted by atomic mass is 9.85. The Morgan fingerprint density at radius 2 is 1.71 bits per heavy atom. The molecule has 0 saturated carbocycles. The summed E-state index contributed by atoms with van der Waals surface area (Å²) in [6, 6.07) is 11.9. The van der Waals surface area contributed by atoms with Crippen LogP contribution in [0.4, 0.5) is 0 Å². The van der Waals surface area contributed by atoms with Crippen molar-refractivity contribution in [1.82, 2.24) is 4.90 Å². The lowest BCUT2D eigenvalue weighted by Gasteiger charge is -2.21. The van der Waals surface area contributed by atoms with Crippen LogP contribution >= 0.6 is 12.4 Å². The van der Waals surface area contributed by atoms with Crippen molar-refractivity contribution in [3.63, 3.8) is 0 Å². The SMILES string of the molecule is Cc1cc(C2CCCC(CN(C)C)=C(c3cccc(O)c3)C2)cc(C)c1O.Cl. The van der Waals surface area contributed by atoms with Gasteiger partial charge in [0.15, 0.2) is 0 Å². The molecule has 1 aliphatic rings. The average molecular weight is 402 g/mol. The van der Waals surface area contributed by atoms with Gasteiger partial charge in [0.2, 0.25) is 0 Å². The molecule has 0 amide bonds. The Labute approximate surface area is 175 Å². The summed E-state index contributed by atoms with van der Waals surface area (Å²) in [7, 11) is 4.23. The minimum absolute atomic E-state index is 0. The third kappa shape index (κ3) is 5.09. The van der Waals surface area contributed by atoms with Crippen LogP contribution in [0, 0.1) is 13.8 Å². The van der Waals surface area contributed by atoms with E-state index >= 15 is 0 Å². The molecule has 2 N–H and O–H groups in total. The first-order chi connectivity index (χ1) is 12.8. The van der Waals surface area contributed by atoms with Crippen molar-refractivity contribution in [2.45, 2.75) is 45.4 Å². The Balaban J connectivity index is 0.00000280. The number of likely N-dealkylation sites (N-methyl/N-ethyl adjacent to an activating group) is 1. The van der Waals surface area contributed by atoms with Crippen molar-refractivity contribution in [2.75, 3.05) is 20.6 Å². The van der Waals surface area contributed by atoms with Gasteiger partial charge in [-0.15, -0.1) is 12.4 Å². The third-order valence-electron chi connectivity index (χ3n) is 5.59. The van der Waals surface area contributed by atoms with E-state index in [4.69, 9.17) is 0 Å². The van der Waals surface area contributed by atoms with E-state index in [0.717, 1.165) is 48.9 Å². The van der Waals surface area contributed by atoms with E-state index in [1.165, 1.54) is 16.7 Å². The van der Waals surface area contributed by atoms with Gasteiger partial charge in [-0.05, 0) is 99.5 Å². The summed E-state index contributed by atoms with van der Waals surface area (Å²) in [6.45, 7) is 4.91. The molecule has 3 nitrogen and oxygen atoms in total. The highest BCUT2D eigenvalue weighted by Gasteiger charge is 2.23. The summed E-state index contributed by atoms with van der Waals surface area (Å²) in [4.78, 5) is 2.23. The first-order valence-electron chi connectivity index (χ1n) is 9.80. The standard InChI is InChI=1S/C24H31NO2.ClH/c1-16-11-21(12-17(2)24(16)27)18-7-5-9-20(15-25(3)4)23(14-18)19-8-6-10-22(26)13-19;/h6,8,10-13,18,26-27H,5,7,9,14-15H2,1-4H3;1H. The van der Waals surface area contributed by atoms with E-state index in [-0.39, 0.29) is 12.4 Å². The van der Waals surface area contributed by atoms with Crippen LogP contribution in [0.2, 0.25) is 0 Å². The quantitative estimate of drug-likeness (QED) is 0.679. The lowest BCUT2D eigenvalue weighted by Crippen LogP contribution is -2.16. The highest BCUT2D eigenvalue weighted by molar-refractivity contribution is 5.85. The van der Waals surface area contributed by atoms with Crippen LogP contribution in [0.5, 0.6) is 11.5 Å². The van der Waals surface area contributed by atoms with E-state index in [9.17, 15) is 10.2 Å². The number of hydrogen-bond acceptors (Lipinski definition) is 3. The number of aromatic hydroxyl groups is 2. The van der Waals surface area contributed by atoms with Crippen LogP contribution in [-0.2, 0) is 0 Å². The number of aryl methyl sites for hydroxylation is 2. The number of nitrogens with zero attached hydrogens (tertiary/aromatic N) is 1. The first kappa shape index (κ1) is 22.3. The molecule has 1 atom stereocenters. The van der Waals surface area contributed by atoms with Gasteiger partial charge in [0.25, 0.3) is 0 Å². The molecule has 3 rings (SSSR count). The predicted molar refractivity (Wildman–Crippen MR) is 120 cm³/mol. The van der Waals surface area contributed by atoms with E-state index < -0.39 is 0 Å². The molecule has 4 heteroatoms. The van der Waals surface area contributed by atoms with Crippen molar-refractivity contribution in [1.29, 1.82) is 0 Å². The van der Waals surface area contributed by atoms with Gasteiger partial charge in [0.1, 0.15) is 11.5 Å². The predicted octanol–water partition coefficient (Wildman–Crippen LogP) is 5.81. The zero-order valence-corrected chi connectivity index (χ0v) is 18.1.